The number of benzene rings is 1. The average Bonchev–Trinajstić information content (AvgIpc) is 3.14. The van der Waals surface area contributed by atoms with Gasteiger partial charge in [-0.3, -0.25) is 25.3 Å². The Morgan fingerprint density at radius 3 is 2.63 bits per heavy atom. The number of thiazole rings is 1. The van der Waals surface area contributed by atoms with E-state index in [0.717, 1.165) is 54.3 Å². The molecule has 2 amide bonds. The van der Waals surface area contributed by atoms with Crippen molar-refractivity contribution in [3.05, 3.63) is 45.4 Å². The number of carbonyl (C=O) groups excluding carboxylic acids is 2. The van der Waals surface area contributed by atoms with Crippen LogP contribution in [0.4, 0.5) is 0 Å². The maximum Gasteiger partial charge on any atom is 0.279 e. The third-order valence-electron chi connectivity index (χ3n) is 5.55. The first-order valence-corrected chi connectivity index (χ1v) is 11.2. The second-order valence-corrected chi connectivity index (χ2v) is 8.91. The zero-order chi connectivity index (χ0) is 21.7. The molecule has 1 unspecified atom stereocenters. The van der Waals surface area contributed by atoms with Crippen LogP contribution in [0.5, 0.6) is 5.75 Å². The fourth-order valence-electron chi connectivity index (χ4n) is 3.49. The minimum absolute atomic E-state index is 0.103. The van der Waals surface area contributed by atoms with Gasteiger partial charge in [0.2, 0.25) is 5.91 Å². The molecule has 0 radical (unpaired) electrons. The van der Waals surface area contributed by atoms with Crippen molar-refractivity contribution in [3.8, 4) is 5.75 Å². The Morgan fingerprint density at radius 2 is 1.97 bits per heavy atom. The number of aromatic nitrogens is 1. The maximum atomic E-state index is 12.5. The van der Waals surface area contributed by atoms with Crippen molar-refractivity contribution in [1.82, 2.24) is 20.7 Å². The standard InChI is InChI=1S/C22H30N4O3S/c1-14-6-5-7-20(15(14)2)29-16(3)21(27)24-25-22(28)18-8-10-26(11-9-18)12-19-13-30-17(4)23-19/h5-7,13,16,18H,8-12H2,1-4H3,(H,24,27)(H,25,28). The van der Waals surface area contributed by atoms with Gasteiger partial charge in [-0.2, -0.15) is 0 Å². The summed E-state index contributed by atoms with van der Waals surface area (Å²) in [7, 11) is 0. The maximum absolute atomic E-state index is 12.5. The normalized spacial score (nSPS) is 16.1. The lowest BCUT2D eigenvalue weighted by Crippen LogP contribution is -2.50. The number of piperidine rings is 1. The summed E-state index contributed by atoms with van der Waals surface area (Å²) in [5.74, 6) is 0.0487. The molecule has 0 aliphatic carbocycles. The van der Waals surface area contributed by atoms with Gasteiger partial charge in [-0.05, 0) is 70.8 Å². The van der Waals surface area contributed by atoms with Crippen molar-refractivity contribution in [2.45, 2.75) is 53.2 Å². The number of nitrogens with one attached hydrogen (secondary N) is 2. The molecule has 1 aromatic carbocycles. The third kappa shape index (κ3) is 5.79. The van der Waals surface area contributed by atoms with Gasteiger partial charge in [0.15, 0.2) is 6.10 Å². The predicted molar refractivity (Wildman–Crippen MR) is 117 cm³/mol. The van der Waals surface area contributed by atoms with Crippen LogP contribution in [0.25, 0.3) is 0 Å². The molecule has 1 aliphatic rings. The molecular weight excluding hydrogens is 400 g/mol. The van der Waals surface area contributed by atoms with Crippen molar-refractivity contribution in [3.63, 3.8) is 0 Å². The zero-order valence-electron chi connectivity index (χ0n) is 18.0. The molecule has 1 atom stereocenters. The van der Waals surface area contributed by atoms with Gasteiger partial charge >= 0.3 is 0 Å². The van der Waals surface area contributed by atoms with E-state index >= 15 is 0 Å². The summed E-state index contributed by atoms with van der Waals surface area (Å²) in [5.41, 5.74) is 8.26. The van der Waals surface area contributed by atoms with Crippen molar-refractivity contribution in [2.75, 3.05) is 13.1 Å². The number of amides is 2. The molecule has 2 N–H and O–H groups in total. The first kappa shape index (κ1) is 22.2. The summed E-state index contributed by atoms with van der Waals surface area (Å²) in [5, 5.41) is 3.16. The minimum Gasteiger partial charge on any atom is -0.481 e. The highest BCUT2D eigenvalue weighted by atomic mass is 32.1. The Morgan fingerprint density at radius 1 is 1.23 bits per heavy atom. The lowest BCUT2D eigenvalue weighted by molar-refractivity contribution is -0.135. The number of likely N-dealkylation sites (tertiary alicyclic amines) is 1. The molecule has 1 saturated heterocycles. The summed E-state index contributed by atoms with van der Waals surface area (Å²) in [4.78, 5) is 31.6. The monoisotopic (exact) mass is 430 g/mol. The van der Waals surface area contributed by atoms with E-state index in [4.69, 9.17) is 4.74 Å². The van der Waals surface area contributed by atoms with Gasteiger partial charge in [0, 0.05) is 17.8 Å². The number of hydrogen-bond donors (Lipinski definition) is 2. The van der Waals surface area contributed by atoms with E-state index in [1.807, 2.05) is 39.0 Å². The van der Waals surface area contributed by atoms with E-state index in [-0.39, 0.29) is 17.7 Å². The van der Waals surface area contributed by atoms with Crippen LogP contribution >= 0.6 is 11.3 Å². The number of nitrogens with zero attached hydrogens (tertiary/aromatic N) is 2. The van der Waals surface area contributed by atoms with E-state index in [2.05, 4.69) is 26.1 Å². The van der Waals surface area contributed by atoms with Crippen molar-refractivity contribution in [1.29, 1.82) is 0 Å². The van der Waals surface area contributed by atoms with E-state index in [9.17, 15) is 9.59 Å². The molecule has 2 aromatic rings. The molecule has 0 bridgehead atoms. The molecule has 7 nitrogen and oxygen atoms in total. The van der Waals surface area contributed by atoms with Gasteiger partial charge in [-0.1, -0.05) is 12.1 Å². The quantitative estimate of drug-likeness (QED) is 0.689. The molecule has 8 heteroatoms. The molecule has 2 heterocycles. The fourth-order valence-corrected chi connectivity index (χ4v) is 4.09. The highest BCUT2D eigenvalue weighted by Gasteiger charge is 2.26. The van der Waals surface area contributed by atoms with Crippen LogP contribution in [0, 0.1) is 26.7 Å². The Hall–Kier alpha value is -2.45. The summed E-state index contributed by atoms with van der Waals surface area (Å²) in [6, 6.07) is 5.73. The van der Waals surface area contributed by atoms with Gasteiger partial charge in [-0.25, -0.2) is 4.98 Å². The van der Waals surface area contributed by atoms with E-state index in [1.165, 1.54) is 0 Å². The largest absolute Gasteiger partial charge is 0.481 e. The topological polar surface area (TPSA) is 83.6 Å². The highest BCUT2D eigenvalue weighted by Crippen LogP contribution is 2.22. The first-order valence-electron chi connectivity index (χ1n) is 10.3. The van der Waals surface area contributed by atoms with Crippen LogP contribution < -0.4 is 15.6 Å². The van der Waals surface area contributed by atoms with Crippen LogP contribution in [-0.2, 0) is 16.1 Å². The van der Waals surface area contributed by atoms with Crippen LogP contribution in [0.1, 0.15) is 41.6 Å². The van der Waals surface area contributed by atoms with Crippen LogP contribution in [-0.4, -0.2) is 40.9 Å². The lowest BCUT2D eigenvalue weighted by Gasteiger charge is -2.30. The highest BCUT2D eigenvalue weighted by molar-refractivity contribution is 7.09. The number of hydrogen-bond acceptors (Lipinski definition) is 6. The number of carbonyl (C=O) groups is 2. The van der Waals surface area contributed by atoms with Gasteiger partial charge in [-0.15, -0.1) is 11.3 Å². The van der Waals surface area contributed by atoms with Gasteiger partial charge < -0.3 is 4.74 Å². The molecule has 0 saturated carbocycles. The summed E-state index contributed by atoms with van der Waals surface area (Å²) >= 11 is 1.66. The number of rotatable bonds is 6. The first-order chi connectivity index (χ1) is 14.3. The third-order valence-corrected chi connectivity index (χ3v) is 6.37. The molecule has 3 rings (SSSR count). The summed E-state index contributed by atoms with van der Waals surface area (Å²) < 4.78 is 5.76. The molecule has 1 aliphatic heterocycles. The second-order valence-electron chi connectivity index (χ2n) is 7.84. The van der Waals surface area contributed by atoms with Crippen LogP contribution in [0.3, 0.4) is 0 Å². The molecular formula is C22H30N4O3S. The Labute approximate surface area is 181 Å². The Balaban J connectivity index is 1.40. The SMILES string of the molecule is Cc1nc(CN2CCC(C(=O)NNC(=O)C(C)Oc3cccc(C)c3C)CC2)cs1. The van der Waals surface area contributed by atoms with Crippen molar-refractivity contribution in [2.24, 2.45) is 5.92 Å². The smallest absolute Gasteiger partial charge is 0.279 e. The van der Waals surface area contributed by atoms with Crippen LogP contribution in [0.2, 0.25) is 0 Å². The van der Waals surface area contributed by atoms with Gasteiger partial charge in [0.05, 0.1) is 10.7 Å². The van der Waals surface area contributed by atoms with E-state index < -0.39 is 6.10 Å². The average molecular weight is 431 g/mol. The van der Waals surface area contributed by atoms with Crippen molar-refractivity contribution >= 4 is 23.2 Å². The summed E-state index contributed by atoms with van der Waals surface area (Å²) in [6.07, 6.45) is 0.813. The molecule has 1 aromatic heterocycles. The lowest BCUT2D eigenvalue weighted by atomic mass is 9.96. The molecule has 162 valence electrons. The van der Waals surface area contributed by atoms with E-state index in [1.54, 1.807) is 18.3 Å². The van der Waals surface area contributed by atoms with Gasteiger partial charge in [0.25, 0.3) is 5.91 Å². The molecule has 0 spiro atoms. The Bertz CT molecular complexity index is 890. The second kappa shape index (κ2) is 10.0. The molecule has 1 fully saturated rings. The predicted octanol–water partition coefficient (Wildman–Crippen LogP) is 2.90. The van der Waals surface area contributed by atoms with Crippen LogP contribution in [0.15, 0.2) is 23.6 Å². The van der Waals surface area contributed by atoms with Crippen molar-refractivity contribution < 1.29 is 14.3 Å². The Kier molecular flexibility index (Phi) is 7.44. The van der Waals surface area contributed by atoms with E-state index in [0.29, 0.717) is 5.75 Å². The zero-order valence-corrected chi connectivity index (χ0v) is 18.8. The fraction of sp³-hybridized carbons (Fsp3) is 0.500. The number of aryl methyl sites for hydroxylation is 2. The minimum atomic E-state index is -0.714. The number of hydrazine groups is 1. The summed E-state index contributed by atoms with van der Waals surface area (Å²) in [6.45, 7) is 10.1. The van der Waals surface area contributed by atoms with Gasteiger partial charge in [0.1, 0.15) is 5.75 Å². The number of ether oxygens (including phenoxy) is 1. The molecule has 30 heavy (non-hydrogen) atoms.